The molecule has 0 bridgehead atoms. The molecule has 0 unspecified atom stereocenters. The first-order chi connectivity index (χ1) is 9.62. The van der Waals surface area contributed by atoms with Crippen molar-refractivity contribution < 1.29 is 4.74 Å². The van der Waals surface area contributed by atoms with Gasteiger partial charge in [-0.3, -0.25) is 0 Å². The molecule has 4 nitrogen and oxygen atoms in total. The first kappa shape index (κ1) is 15.1. The van der Waals surface area contributed by atoms with E-state index in [0.29, 0.717) is 22.2 Å². The Kier molecular flexibility index (Phi) is 4.83. The number of benzene rings is 1. The van der Waals surface area contributed by atoms with Gasteiger partial charge in [-0.25, -0.2) is 9.97 Å². The predicted molar refractivity (Wildman–Crippen MR) is 85.7 cm³/mol. The molecule has 1 aromatic carbocycles. The van der Waals surface area contributed by atoms with Crippen molar-refractivity contribution in [2.45, 2.75) is 13.3 Å². The Morgan fingerprint density at radius 2 is 2.10 bits per heavy atom. The molecular formula is C14H15BrClN3O. The van der Waals surface area contributed by atoms with Gasteiger partial charge in [0.05, 0.1) is 27.9 Å². The highest BCUT2D eigenvalue weighted by molar-refractivity contribution is 9.10. The van der Waals surface area contributed by atoms with E-state index in [4.69, 9.17) is 16.3 Å². The number of anilines is 1. The molecule has 0 amide bonds. The normalized spacial score (nSPS) is 10.4. The minimum Gasteiger partial charge on any atom is -0.496 e. The van der Waals surface area contributed by atoms with Gasteiger partial charge in [0.15, 0.2) is 5.82 Å². The number of nitrogens with zero attached hydrogens (tertiary/aromatic N) is 2. The highest BCUT2D eigenvalue weighted by Crippen LogP contribution is 2.36. The van der Waals surface area contributed by atoms with E-state index in [0.717, 1.165) is 22.4 Å². The van der Waals surface area contributed by atoms with Crippen LogP contribution in [0.25, 0.3) is 11.4 Å². The Morgan fingerprint density at radius 3 is 2.70 bits per heavy atom. The molecule has 1 heterocycles. The molecule has 2 aromatic rings. The molecule has 0 saturated carbocycles. The van der Waals surface area contributed by atoms with Gasteiger partial charge in [-0.15, -0.1) is 0 Å². The summed E-state index contributed by atoms with van der Waals surface area (Å²) in [6.45, 7) is 2.04. The highest BCUT2D eigenvalue weighted by Gasteiger charge is 2.17. The van der Waals surface area contributed by atoms with Crippen molar-refractivity contribution in [1.82, 2.24) is 9.97 Å². The Bertz CT molecular complexity index is 609. The van der Waals surface area contributed by atoms with Gasteiger partial charge in [0.25, 0.3) is 0 Å². The van der Waals surface area contributed by atoms with Crippen molar-refractivity contribution in [3.8, 4) is 17.1 Å². The summed E-state index contributed by atoms with van der Waals surface area (Å²) in [5.74, 6) is 1.94. The summed E-state index contributed by atoms with van der Waals surface area (Å²) >= 11 is 9.79. The lowest BCUT2D eigenvalue weighted by molar-refractivity contribution is 0.416. The highest BCUT2D eigenvalue weighted by atomic mass is 79.9. The van der Waals surface area contributed by atoms with Crippen molar-refractivity contribution in [2.75, 3.05) is 19.5 Å². The second-order valence-electron chi connectivity index (χ2n) is 4.08. The number of hydrogen-bond acceptors (Lipinski definition) is 4. The van der Waals surface area contributed by atoms with Gasteiger partial charge in [0.1, 0.15) is 11.6 Å². The Morgan fingerprint density at radius 1 is 1.35 bits per heavy atom. The number of hydrogen-bond donors (Lipinski definition) is 1. The van der Waals surface area contributed by atoms with Gasteiger partial charge >= 0.3 is 0 Å². The van der Waals surface area contributed by atoms with E-state index in [1.54, 1.807) is 13.2 Å². The maximum Gasteiger partial charge on any atom is 0.167 e. The summed E-state index contributed by atoms with van der Waals surface area (Å²) in [6.07, 6.45) is 0.789. The fraction of sp³-hybridized carbons (Fsp3) is 0.286. The lowest BCUT2D eigenvalue weighted by Crippen LogP contribution is -2.03. The lowest BCUT2D eigenvalue weighted by atomic mass is 10.1. The second-order valence-corrected chi connectivity index (χ2v) is 5.28. The molecule has 106 valence electrons. The molecule has 0 radical (unpaired) electrons. The van der Waals surface area contributed by atoms with Crippen LogP contribution < -0.4 is 10.1 Å². The number of aryl methyl sites for hydroxylation is 1. The molecule has 0 aliphatic carbocycles. The van der Waals surface area contributed by atoms with Crippen molar-refractivity contribution in [3.63, 3.8) is 0 Å². The topological polar surface area (TPSA) is 47.0 Å². The smallest absolute Gasteiger partial charge is 0.167 e. The van der Waals surface area contributed by atoms with E-state index in [2.05, 4.69) is 31.2 Å². The number of methoxy groups -OCH3 is 1. The first-order valence-corrected chi connectivity index (χ1v) is 7.36. The van der Waals surface area contributed by atoms with E-state index >= 15 is 0 Å². The number of halogens is 2. The number of aromatic nitrogens is 2. The third-order valence-corrected chi connectivity index (χ3v) is 4.06. The minimum atomic E-state index is 0.553. The minimum absolute atomic E-state index is 0.553. The first-order valence-electron chi connectivity index (χ1n) is 6.19. The van der Waals surface area contributed by atoms with Gasteiger partial charge in [0.2, 0.25) is 0 Å². The zero-order chi connectivity index (χ0) is 14.7. The van der Waals surface area contributed by atoms with Crippen LogP contribution in [0.3, 0.4) is 0 Å². The number of ether oxygens (including phenoxy) is 1. The van der Waals surface area contributed by atoms with Crippen LogP contribution in [0, 0.1) is 0 Å². The van der Waals surface area contributed by atoms with Crippen LogP contribution in [0.1, 0.15) is 12.6 Å². The second kappa shape index (κ2) is 6.41. The summed E-state index contributed by atoms with van der Waals surface area (Å²) in [5, 5.41) is 3.62. The molecule has 0 aliphatic heterocycles. The third kappa shape index (κ3) is 2.74. The van der Waals surface area contributed by atoms with Crippen LogP contribution in [0.2, 0.25) is 5.02 Å². The molecule has 0 fully saturated rings. The molecule has 20 heavy (non-hydrogen) atoms. The maximum atomic E-state index is 6.28. The lowest BCUT2D eigenvalue weighted by Gasteiger charge is -2.13. The molecule has 0 aliphatic rings. The van der Waals surface area contributed by atoms with Crippen molar-refractivity contribution in [2.24, 2.45) is 0 Å². The summed E-state index contributed by atoms with van der Waals surface area (Å²) in [5.41, 5.74) is 1.62. The van der Waals surface area contributed by atoms with Crippen LogP contribution in [0.15, 0.2) is 22.7 Å². The Labute approximate surface area is 131 Å². The molecule has 6 heteroatoms. The third-order valence-electron chi connectivity index (χ3n) is 2.91. The van der Waals surface area contributed by atoms with E-state index in [1.165, 1.54) is 0 Å². The zero-order valence-corrected chi connectivity index (χ0v) is 13.8. The molecule has 1 aromatic heterocycles. The van der Waals surface area contributed by atoms with Crippen LogP contribution in [0.4, 0.5) is 5.82 Å². The van der Waals surface area contributed by atoms with Crippen LogP contribution in [0.5, 0.6) is 5.75 Å². The van der Waals surface area contributed by atoms with Gasteiger partial charge in [0, 0.05) is 7.05 Å². The summed E-state index contributed by atoms with van der Waals surface area (Å²) in [7, 11) is 3.42. The Balaban J connectivity index is 2.70. The summed E-state index contributed by atoms with van der Waals surface area (Å²) < 4.78 is 6.23. The molecular weight excluding hydrogens is 342 g/mol. The molecule has 0 atom stereocenters. The van der Waals surface area contributed by atoms with Gasteiger partial charge in [-0.1, -0.05) is 24.6 Å². The number of nitrogens with one attached hydrogen (secondary N) is 1. The van der Waals surface area contributed by atoms with Gasteiger partial charge < -0.3 is 10.1 Å². The molecule has 0 spiro atoms. The predicted octanol–water partition coefficient (Wildman–Crippen LogP) is 4.17. The van der Waals surface area contributed by atoms with Gasteiger partial charge in [-0.2, -0.15) is 0 Å². The standard InChI is InChI=1S/C14H15BrClN3O/c1-4-9-12(15)14(17-2)19-13(18-9)11-8(16)6-5-7-10(11)20-3/h5-7H,4H2,1-3H3,(H,17,18,19). The van der Waals surface area contributed by atoms with Crippen LogP contribution in [-0.2, 0) is 6.42 Å². The quantitative estimate of drug-likeness (QED) is 0.893. The summed E-state index contributed by atoms with van der Waals surface area (Å²) in [4.78, 5) is 9.08. The average molecular weight is 357 g/mol. The molecule has 0 saturated heterocycles. The van der Waals surface area contributed by atoms with E-state index in [1.807, 2.05) is 26.1 Å². The monoisotopic (exact) mass is 355 g/mol. The van der Waals surface area contributed by atoms with Crippen molar-refractivity contribution in [1.29, 1.82) is 0 Å². The maximum absolute atomic E-state index is 6.28. The van der Waals surface area contributed by atoms with Crippen molar-refractivity contribution in [3.05, 3.63) is 33.4 Å². The van der Waals surface area contributed by atoms with Gasteiger partial charge in [-0.05, 0) is 34.5 Å². The Hall–Kier alpha value is -1.33. The fourth-order valence-corrected chi connectivity index (χ4v) is 2.80. The molecule has 1 N–H and O–H groups in total. The summed E-state index contributed by atoms with van der Waals surface area (Å²) in [6, 6.07) is 5.48. The van der Waals surface area contributed by atoms with Crippen LogP contribution >= 0.6 is 27.5 Å². The zero-order valence-electron chi connectivity index (χ0n) is 11.5. The average Bonchev–Trinajstić information content (AvgIpc) is 2.47. The van der Waals surface area contributed by atoms with Crippen LogP contribution in [-0.4, -0.2) is 24.1 Å². The van der Waals surface area contributed by atoms with Crippen molar-refractivity contribution >= 4 is 33.3 Å². The SMILES string of the molecule is CCc1nc(-c2c(Cl)cccc2OC)nc(NC)c1Br. The largest absolute Gasteiger partial charge is 0.496 e. The van der Waals surface area contributed by atoms with E-state index < -0.39 is 0 Å². The molecule has 2 rings (SSSR count). The fourth-order valence-electron chi connectivity index (χ4n) is 1.90. The van der Waals surface area contributed by atoms with E-state index in [9.17, 15) is 0 Å². The van der Waals surface area contributed by atoms with E-state index in [-0.39, 0.29) is 0 Å². The number of rotatable bonds is 4.